The Morgan fingerprint density at radius 1 is 0.867 bits per heavy atom. The van der Waals surface area contributed by atoms with Crippen LogP contribution in [0.15, 0.2) is 21.1 Å². The van der Waals surface area contributed by atoms with Gasteiger partial charge in [-0.25, -0.2) is 0 Å². The van der Waals surface area contributed by atoms with Gasteiger partial charge in [-0.05, 0) is 37.1 Å². The lowest BCUT2D eigenvalue weighted by atomic mass is 10.1. The highest BCUT2D eigenvalue weighted by Gasteiger charge is 2.39. The van der Waals surface area contributed by atoms with Gasteiger partial charge in [-0.15, -0.1) is 0 Å². The molecule has 0 aliphatic carbocycles. The Labute approximate surface area is 163 Å². The smallest absolute Gasteiger partial charge is 0.471 e. The number of ether oxygens (including phenoxy) is 2. The van der Waals surface area contributed by atoms with Crippen LogP contribution in [0.4, 0.5) is 26.3 Å². The number of aromatic nitrogens is 4. The zero-order chi connectivity index (χ0) is 22.1. The molecule has 2 aromatic heterocycles. The molecule has 0 saturated carbocycles. The monoisotopic (exact) mass is 438 g/mol. The number of hydrogen-bond acceptors (Lipinski definition) is 8. The van der Waals surface area contributed by atoms with Gasteiger partial charge >= 0.3 is 30.2 Å². The molecule has 1 aromatic carbocycles. The van der Waals surface area contributed by atoms with Crippen molar-refractivity contribution in [3.63, 3.8) is 0 Å². The Kier molecular flexibility index (Phi) is 5.59. The molecular weight excluding hydrogens is 426 g/mol. The second kappa shape index (κ2) is 7.84. The summed E-state index contributed by atoms with van der Waals surface area (Å²) in [5.41, 5.74) is 1.40. The lowest BCUT2D eigenvalue weighted by molar-refractivity contribution is -0.159. The summed E-state index contributed by atoms with van der Waals surface area (Å²) >= 11 is 0. The molecule has 0 fully saturated rings. The Hall–Kier alpha value is -3.32. The Morgan fingerprint density at radius 3 is 2.00 bits per heavy atom. The SMILES string of the molecule is Cc1cc(-c2noc(C(F)(F)F)n2)cc(C)c1OCCOc1nnc(C(F)(F)F)o1. The molecule has 0 unspecified atom stereocenters. The molecule has 3 rings (SSSR count). The summed E-state index contributed by atoms with van der Waals surface area (Å²) in [6.45, 7) is 3.02. The van der Waals surface area contributed by atoms with Crippen molar-refractivity contribution >= 4 is 0 Å². The number of halogens is 6. The van der Waals surface area contributed by atoms with Crippen LogP contribution in [-0.2, 0) is 12.4 Å². The van der Waals surface area contributed by atoms with Crippen molar-refractivity contribution in [3.05, 3.63) is 35.0 Å². The first-order chi connectivity index (χ1) is 13.9. The Morgan fingerprint density at radius 2 is 1.47 bits per heavy atom. The summed E-state index contributed by atoms with van der Waals surface area (Å²) in [7, 11) is 0. The van der Waals surface area contributed by atoms with Crippen LogP contribution in [0.2, 0.25) is 0 Å². The minimum absolute atomic E-state index is 0.0782. The zero-order valence-electron chi connectivity index (χ0n) is 15.3. The fourth-order valence-corrected chi connectivity index (χ4v) is 2.42. The van der Waals surface area contributed by atoms with Crippen molar-refractivity contribution in [2.24, 2.45) is 0 Å². The third-order valence-corrected chi connectivity index (χ3v) is 3.59. The molecule has 3 aromatic rings. The quantitative estimate of drug-likeness (QED) is 0.417. The van der Waals surface area contributed by atoms with Crippen LogP contribution >= 0.6 is 0 Å². The van der Waals surface area contributed by atoms with E-state index in [0.717, 1.165) is 0 Å². The molecule has 8 nitrogen and oxygen atoms in total. The van der Waals surface area contributed by atoms with Crippen molar-refractivity contribution in [2.45, 2.75) is 26.2 Å². The molecule has 0 radical (unpaired) electrons. The van der Waals surface area contributed by atoms with E-state index in [-0.39, 0.29) is 19.0 Å². The van der Waals surface area contributed by atoms with E-state index < -0.39 is 30.2 Å². The maximum absolute atomic E-state index is 12.6. The summed E-state index contributed by atoms with van der Waals surface area (Å²) in [4.78, 5) is 3.32. The van der Waals surface area contributed by atoms with Crippen LogP contribution in [-0.4, -0.2) is 33.6 Å². The van der Waals surface area contributed by atoms with E-state index in [4.69, 9.17) is 9.47 Å². The van der Waals surface area contributed by atoms with Gasteiger partial charge in [0, 0.05) is 5.56 Å². The fraction of sp³-hybridized carbons (Fsp3) is 0.375. The Bertz CT molecular complexity index is 1000. The predicted octanol–water partition coefficient (Wildman–Crippen LogP) is 4.23. The maximum atomic E-state index is 12.6. The van der Waals surface area contributed by atoms with Crippen LogP contribution in [0, 0.1) is 13.8 Å². The van der Waals surface area contributed by atoms with Crippen LogP contribution in [0.1, 0.15) is 22.9 Å². The zero-order valence-corrected chi connectivity index (χ0v) is 15.3. The van der Waals surface area contributed by atoms with E-state index in [1.54, 1.807) is 13.8 Å². The van der Waals surface area contributed by atoms with Crippen LogP contribution < -0.4 is 9.47 Å². The molecule has 0 saturated heterocycles. The third kappa shape index (κ3) is 4.80. The molecule has 14 heteroatoms. The molecule has 0 spiro atoms. The summed E-state index contributed by atoms with van der Waals surface area (Å²) in [6, 6.07) is 3.00. The summed E-state index contributed by atoms with van der Waals surface area (Å²) in [5, 5.41) is 9.24. The van der Waals surface area contributed by atoms with Crippen molar-refractivity contribution in [1.82, 2.24) is 20.3 Å². The first-order valence-corrected chi connectivity index (χ1v) is 8.14. The van der Waals surface area contributed by atoms with Crippen molar-refractivity contribution in [1.29, 1.82) is 0 Å². The number of benzene rings is 1. The average molecular weight is 438 g/mol. The van der Waals surface area contributed by atoms with E-state index in [2.05, 4.69) is 29.3 Å². The summed E-state index contributed by atoms with van der Waals surface area (Å²) < 4.78 is 93.9. The van der Waals surface area contributed by atoms with Crippen molar-refractivity contribution in [2.75, 3.05) is 13.2 Å². The lowest BCUT2D eigenvalue weighted by Crippen LogP contribution is -2.10. The van der Waals surface area contributed by atoms with Gasteiger partial charge in [-0.2, -0.15) is 31.3 Å². The van der Waals surface area contributed by atoms with E-state index in [1.807, 2.05) is 0 Å². The minimum atomic E-state index is -4.78. The highest BCUT2D eigenvalue weighted by atomic mass is 19.4. The average Bonchev–Trinajstić information content (AvgIpc) is 3.29. The molecule has 0 N–H and O–H groups in total. The van der Waals surface area contributed by atoms with Gasteiger partial charge in [0.25, 0.3) is 0 Å². The molecule has 0 bridgehead atoms. The molecule has 0 aliphatic rings. The second-order valence-electron chi connectivity index (χ2n) is 5.93. The van der Waals surface area contributed by atoms with Crippen molar-refractivity contribution in [3.8, 4) is 23.2 Å². The fourth-order valence-electron chi connectivity index (χ4n) is 2.42. The van der Waals surface area contributed by atoms with Crippen LogP contribution in [0.25, 0.3) is 11.4 Å². The highest BCUT2D eigenvalue weighted by Crippen LogP contribution is 2.32. The number of alkyl halides is 6. The predicted molar refractivity (Wildman–Crippen MR) is 84.5 cm³/mol. The van der Waals surface area contributed by atoms with Gasteiger partial charge in [0.05, 0.1) is 0 Å². The first-order valence-electron chi connectivity index (χ1n) is 8.14. The first kappa shape index (κ1) is 21.4. The molecule has 0 amide bonds. The molecule has 0 aliphatic heterocycles. The van der Waals surface area contributed by atoms with Gasteiger partial charge < -0.3 is 18.4 Å². The normalized spacial score (nSPS) is 12.3. The molecule has 0 atom stereocenters. The van der Waals surface area contributed by atoms with E-state index in [0.29, 0.717) is 22.4 Å². The third-order valence-electron chi connectivity index (χ3n) is 3.59. The van der Waals surface area contributed by atoms with Crippen molar-refractivity contribution < 1.29 is 44.8 Å². The summed E-state index contributed by atoms with van der Waals surface area (Å²) in [5.74, 6) is -2.82. The topological polar surface area (TPSA) is 96.3 Å². The summed E-state index contributed by atoms with van der Waals surface area (Å²) in [6.07, 6.45) is -10.2. The standard InChI is InChI=1S/C16H12F6N4O4/c1-7-5-9(11-23-12(30-26-11)15(17,18)19)6-8(2)10(7)27-3-4-28-14-25-24-13(29-14)16(20,21)22/h5-6H,3-4H2,1-2H3. The number of nitrogens with zero attached hydrogens (tertiary/aromatic N) is 4. The van der Waals surface area contributed by atoms with Gasteiger partial charge in [-0.3, -0.25) is 0 Å². The van der Waals surface area contributed by atoms with E-state index >= 15 is 0 Å². The molecule has 162 valence electrons. The lowest BCUT2D eigenvalue weighted by Gasteiger charge is -2.13. The van der Waals surface area contributed by atoms with Gasteiger partial charge in [0.2, 0.25) is 5.82 Å². The van der Waals surface area contributed by atoms with Gasteiger partial charge in [0.15, 0.2) is 0 Å². The molecular formula is C16H12F6N4O4. The molecule has 30 heavy (non-hydrogen) atoms. The van der Waals surface area contributed by atoms with Crippen LogP contribution in [0.3, 0.4) is 0 Å². The van der Waals surface area contributed by atoms with Gasteiger partial charge in [0.1, 0.15) is 19.0 Å². The highest BCUT2D eigenvalue weighted by molar-refractivity contribution is 5.61. The number of aryl methyl sites for hydroxylation is 2. The second-order valence-corrected chi connectivity index (χ2v) is 5.93. The Balaban J connectivity index is 1.62. The maximum Gasteiger partial charge on any atom is 0.471 e. The van der Waals surface area contributed by atoms with E-state index in [9.17, 15) is 26.3 Å². The van der Waals surface area contributed by atoms with Crippen LogP contribution in [0.5, 0.6) is 11.8 Å². The minimum Gasteiger partial charge on any atom is -0.489 e. The molecule has 2 heterocycles. The van der Waals surface area contributed by atoms with E-state index in [1.165, 1.54) is 12.1 Å². The number of hydrogen-bond donors (Lipinski definition) is 0. The van der Waals surface area contributed by atoms with Gasteiger partial charge in [-0.1, -0.05) is 15.4 Å². The number of rotatable bonds is 6. The largest absolute Gasteiger partial charge is 0.489 e.